The minimum absolute atomic E-state index is 0. The molecule has 2 N–H and O–H groups in total. The third kappa shape index (κ3) is 3.74. The van der Waals surface area contributed by atoms with E-state index >= 15 is 0 Å². The first kappa shape index (κ1) is 18.4. The third-order valence-electron chi connectivity index (χ3n) is 3.94. The summed E-state index contributed by atoms with van der Waals surface area (Å²) in [5.74, 6) is -0.526. The van der Waals surface area contributed by atoms with Gasteiger partial charge in [-0.05, 0) is 44.2 Å². The zero-order valence-electron chi connectivity index (χ0n) is 12.3. The summed E-state index contributed by atoms with van der Waals surface area (Å²) in [5, 5.41) is 0. The Bertz CT molecular complexity index is 593. The quantitative estimate of drug-likeness (QED) is 0.921. The summed E-state index contributed by atoms with van der Waals surface area (Å²) in [6.07, 6.45) is 1.68. The lowest BCUT2D eigenvalue weighted by Gasteiger charge is -2.33. The number of rotatable bonds is 3. The van der Waals surface area contributed by atoms with Crippen molar-refractivity contribution in [1.82, 2.24) is 4.31 Å². The molecule has 4 nitrogen and oxygen atoms in total. The lowest BCUT2D eigenvalue weighted by molar-refractivity contribution is 0.242. The summed E-state index contributed by atoms with van der Waals surface area (Å²) < 4.78 is 40.6. The van der Waals surface area contributed by atoms with Crippen LogP contribution in [0.2, 0.25) is 0 Å². The largest absolute Gasteiger partial charge is 0.328 e. The number of hydrogen-bond acceptors (Lipinski definition) is 3. The van der Waals surface area contributed by atoms with E-state index in [4.69, 9.17) is 5.73 Å². The molecule has 1 saturated heterocycles. The molecule has 0 aliphatic carbocycles. The van der Waals surface area contributed by atoms with E-state index in [-0.39, 0.29) is 29.3 Å². The van der Waals surface area contributed by atoms with E-state index in [2.05, 4.69) is 0 Å². The molecular formula is C14H22ClFN2O2S. The minimum atomic E-state index is -3.78. The molecule has 0 saturated carbocycles. The Hall–Kier alpha value is -0.690. The summed E-state index contributed by atoms with van der Waals surface area (Å²) in [7, 11) is -3.78. The molecule has 1 aliphatic rings. The fourth-order valence-corrected chi connectivity index (χ4v) is 4.25. The van der Waals surface area contributed by atoms with E-state index in [0.29, 0.717) is 18.7 Å². The number of nitrogens with two attached hydrogens (primary N) is 1. The van der Waals surface area contributed by atoms with Crippen LogP contribution < -0.4 is 5.73 Å². The molecule has 21 heavy (non-hydrogen) atoms. The molecular weight excluding hydrogens is 315 g/mol. The lowest BCUT2D eigenvalue weighted by Crippen LogP contribution is -2.45. The molecule has 1 aromatic carbocycles. The van der Waals surface area contributed by atoms with Crippen LogP contribution >= 0.6 is 12.4 Å². The Balaban J connectivity index is 0.00000220. The van der Waals surface area contributed by atoms with Gasteiger partial charge < -0.3 is 5.73 Å². The highest BCUT2D eigenvalue weighted by molar-refractivity contribution is 7.89. The van der Waals surface area contributed by atoms with Gasteiger partial charge in [0.1, 0.15) is 10.7 Å². The average molecular weight is 337 g/mol. The third-order valence-corrected chi connectivity index (χ3v) is 5.82. The van der Waals surface area contributed by atoms with Gasteiger partial charge in [-0.25, -0.2) is 12.8 Å². The Morgan fingerprint density at radius 3 is 2.71 bits per heavy atom. The Morgan fingerprint density at radius 2 is 2.10 bits per heavy atom. The van der Waals surface area contributed by atoms with Gasteiger partial charge in [0.05, 0.1) is 0 Å². The Kier molecular flexibility index (Phi) is 6.16. The van der Waals surface area contributed by atoms with Crippen molar-refractivity contribution >= 4 is 22.4 Å². The SMILES string of the molecule is Cc1cccc(S(=O)(=O)N2CCCC(C(C)N)C2)c1F.Cl. The standard InChI is InChI=1S/C14H21FN2O2S.ClH/c1-10-5-3-7-13(14(10)15)20(18,19)17-8-4-6-12(9-17)11(2)16;/h3,5,7,11-12H,4,6,8-9,16H2,1-2H3;1H. The van der Waals surface area contributed by atoms with Crippen molar-refractivity contribution < 1.29 is 12.8 Å². The van der Waals surface area contributed by atoms with Gasteiger partial charge in [-0.3, -0.25) is 0 Å². The van der Waals surface area contributed by atoms with Gasteiger partial charge in [0.15, 0.2) is 0 Å². The number of aryl methyl sites for hydroxylation is 1. The number of hydrogen-bond donors (Lipinski definition) is 1. The maximum absolute atomic E-state index is 14.1. The van der Waals surface area contributed by atoms with Crippen molar-refractivity contribution in [2.75, 3.05) is 13.1 Å². The van der Waals surface area contributed by atoms with Crippen molar-refractivity contribution in [2.24, 2.45) is 11.7 Å². The molecule has 0 bridgehead atoms. The number of halogens is 2. The number of sulfonamides is 1. The first-order valence-corrected chi connectivity index (χ1v) is 8.29. The van der Waals surface area contributed by atoms with Crippen molar-refractivity contribution in [1.29, 1.82) is 0 Å². The topological polar surface area (TPSA) is 63.4 Å². The van der Waals surface area contributed by atoms with Crippen molar-refractivity contribution in [2.45, 2.75) is 37.6 Å². The fraction of sp³-hybridized carbons (Fsp3) is 0.571. The van der Waals surface area contributed by atoms with Crippen molar-refractivity contribution in [3.8, 4) is 0 Å². The zero-order chi connectivity index (χ0) is 14.9. The highest BCUT2D eigenvalue weighted by Gasteiger charge is 2.33. The molecule has 0 radical (unpaired) electrons. The van der Waals surface area contributed by atoms with Crippen LogP contribution in [0.5, 0.6) is 0 Å². The Morgan fingerprint density at radius 1 is 1.43 bits per heavy atom. The summed E-state index contributed by atoms with van der Waals surface area (Å²) >= 11 is 0. The van der Waals surface area contributed by atoms with Gasteiger partial charge in [-0.15, -0.1) is 12.4 Å². The first-order chi connectivity index (χ1) is 9.34. The van der Waals surface area contributed by atoms with E-state index in [1.54, 1.807) is 19.1 Å². The van der Waals surface area contributed by atoms with Crippen LogP contribution in [0.4, 0.5) is 4.39 Å². The second-order valence-corrected chi connectivity index (χ2v) is 7.42. The Labute approximate surface area is 132 Å². The predicted octanol–water partition coefficient (Wildman–Crippen LogP) is 2.30. The van der Waals surface area contributed by atoms with Crippen LogP contribution in [0.25, 0.3) is 0 Å². The molecule has 1 fully saturated rings. The van der Waals surface area contributed by atoms with E-state index in [1.807, 2.05) is 6.92 Å². The van der Waals surface area contributed by atoms with Crippen molar-refractivity contribution in [3.05, 3.63) is 29.6 Å². The summed E-state index contributed by atoms with van der Waals surface area (Å²) in [5.41, 5.74) is 6.21. The second kappa shape index (κ2) is 7.05. The molecule has 1 aliphatic heterocycles. The summed E-state index contributed by atoms with van der Waals surface area (Å²) in [6, 6.07) is 4.40. The van der Waals surface area contributed by atoms with Crippen LogP contribution in [-0.4, -0.2) is 31.9 Å². The van der Waals surface area contributed by atoms with Gasteiger partial charge >= 0.3 is 0 Å². The fourth-order valence-electron chi connectivity index (χ4n) is 2.58. The molecule has 0 aromatic heterocycles. The van der Waals surface area contributed by atoms with Gasteiger partial charge in [-0.2, -0.15) is 4.31 Å². The summed E-state index contributed by atoms with van der Waals surface area (Å²) in [6.45, 7) is 4.25. The average Bonchev–Trinajstić information content (AvgIpc) is 2.41. The highest BCUT2D eigenvalue weighted by Crippen LogP contribution is 2.27. The van der Waals surface area contributed by atoms with E-state index in [1.165, 1.54) is 10.4 Å². The van der Waals surface area contributed by atoms with Crippen LogP contribution in [0.1, 0.15) is 25.3 Å². The van der Waals surface area contributed by atoms with Crippen LogP contribution in [0.15, 0.2) is 23.1 Å². The van der Waals surface area contributed by atoms with E-state index in [9.17, 15) is 12.8 Å². The van der Waals surface area contributed by atoms with E-state index in [0.717, 1.165) is 12.8 Å². The normalized spacial score (nSPS) is 21.6. The molecule has 0 spiro atoms. The maximum Gasteiger partial charge on any atom is 0.246 e. The maximum atomic E-state index is 14.1. The molecule has 1 heterocycles. The highest BCUT2D eigenvalue weighted by atomic mass is 35.5. The predicted molar refractivity (Wildman–Crippen MR) is 83.5 cm³/mol. The molecule has 7 heteroatoms. The van der Waals surface area contributed by atoms with Gasteiger partial charge in [0, 0.05) is 19.1 Å². The number of nitrogens with zero attached hydrogens (tertiary/aromatic N) is 1. The molecule has 2 unspecified atom stereocenters. The van der Waals surface area contributed by atoms with Crippen LogP contribution in [0, 0.1) is 18.7 Å². The molecule has 120 valence electrons. The molecule has 0 amide bonds. The second-order valence-electron chi connectivity index (χ2n) is 5.51. The smallest absolute Gasteiger partial charge is 0.246 e. The zero-order valence-corrected chi connectivity index (χ0v) is 13.9. The molecule has 1 aromatic rings. The van der Waals surface area contributed by atoms with E-state index < -0.39 is 15.8 Å². The molecule has 2 atom stereocenters. The van der Waals surface area contributed by atoms with Crippen molar-refractivity contribution in [3.63, 3.8) is 0 Å². The number of piperidine rings is 1. The summed E-state index contributed by atoms with van der Waals surface area (Å²) in [4.78, 5) is -0.233. The lowest BCUT2D eigenvalue weighted by atomic mass is 9.93. The minimum Gasteiger partial charge on any atom is -0.328 e. The number of benzene rings is 1. The van der Waals surface area contributed by atoms with Gasteiger partial charge in [0.2, 0.25) is 10.0 Å². The van der Waals surface area contributed by atoms with Crippen LogP contribution in [0.3, 0.4) is 0 Å². The van der Waals surface area contributed by atoms with Gasteiger partial charge in [-0.1, -0.05) is 12.1 Å². The van der Waals surface area contributed by atoms with Gasteiger partial charge in [0.25, 0.3) is 0 Å². The molecule has 2 rings (SSSR count). The van der Waals surface area contributed by atoms with Crippen LogP contribution in [-0.2, 0) is 10.0 Å². The first-order valence-electron chi connectivity index (χ1n) is 6.85. The monoisotopic (exact) mass is 336 g/mol.